The fourth-order valence-electron chi connectivity index (χ4n) is 1.41. The molecule has 0 unspecified atom stereocenters. The largest absolute Gasteiger partial charge is 0.440 e. The van der Waals surface area contributed by atoms with Crippen LogP contribution in [0.4, 0.5) is 0 Å². The van der Waals surface area contributed by atoms with Gasteiger partial charge in [-0.15, -0.1) is 0 Å². The number of oxazole rings is 1. The fourth-order valence-corrected chi connectivity index (χ4v) is 1.41. The van der Waals surface area contributed by atoms with Crippen LogP contribution in [-0.2, 0) is 4.79 Å². The molecule has 96 valence electrons. The molecule has 0 aliphatic carbocycles. The maximum absolute atomic E-state index is 11.4. The number of carbonyl (C=O) groups excluding carboxylic acids is 1. The van der Waals surface area contributed by atoms with E-state index in [1.165, 1.54) is 0 Å². The molecule has 0 saturated heterocycles. The number of nitrogens with one attached hydrogen (secondary N) is 1. The lowest BCUT2D eigenvalue weighted by atomic mass is 10.2. The molecule has 0 fully saturated rings. The van der Waals surface area contributed by atoms with Crippen LogP contribution in [0.25, 0.3) is 11.1 Å². The van der Waals surface area contributed by atoms with Gasteiger partial charge in [-0.25, -0.2) is 0 Å². The number of rotatable bonds is 5. The minimum Gasteiger partial charge on any atom is -0.440 e. The number of hydrogen-bond donors (Lipinski definition) is 1. The Labute approximate surface area is 105 Å². The minimum atomic E-state index is -0.175. The van der Waals surface area contributed by atoms with Crippen LogP contribution in [0.5, 0.6) is 6.08 Å². The van der Waals surface area contributed by atoms with E-state index < -0.39 is 0 Å². The van der Waals surface area contributed by atoms with E-state index in [4.69, 9.17) is 9.15 Å². The van der Waals surface area contributed by atoms with Crippen LogP contribution in [0, 0.1) is 5.92 Å². The normalized spacial score (nSPS) is 10.8. The second-order valence-electron chi connectivity index (χ2n) is 4.43. The van der Waals surface area contributed by atoms with Crippen molar-refractivity contribution >= 4 is 17.0 Å². The predicted octanol–water partition coefficient (Wildman–Crippen LogP) is 1.98. The van der Waals surface area contributed by atoms with Gasteiger partial charge in [-0.05, 0) is 18.1 Å². The molecule has 0 aliphatic rings. The van der Waals surface area contributed by atoms with Crippen molar-refractivity contribution in [3.8, 4) is 6.08 Å². The molecule has 1 aromatic heterocycles. The van der Waals surface area contributed by atoms with Crippen molar-refractivity contribution in [3.05, 3.63) is 24.3 Å². The summed E-state index contributed by atoms with van der Waals surface area (Å²) in [5, 5.41) is 2.75. The van der Waals surface area contributed by atoms with E-state index in [2.05, 4.69) is 10.3 Å². The van der Waals surface area contributed by atoms with Gasteiger partial charge in [-0.1, -0.05) is 26.0 Å². The predicted molar refractivity (Wildman–Crippen MR) is 67.4 cm³/mol. The van der Waals surface area contributed by atoms with Crippen molar-refractivity contribution in [1.82, 2.24) is 10.3 Å². The van der Waals surface area contributed by atoms with Gasteiger partial charge in [0.05, 0.1) is 0 Å². The van der Waals surface area contributed by atoms with Gasteiger partial charge >= 0.3 is 6.08 Å². The molecular formula is C13H16N2O3. The Balaban J connectivity index is 1.88. The first-order valence-corrected chi connectivity index (χ1v) is 5.90. The van der Waals surface area contributed by atoms with Gasteiger partial charge in [0.15, 0.2) is 12.2 Å². The number of benzene rings is 1. The average Bonchev–Trinajstić information content (AvgIpc) is 2.76. The van der Waals surface area contributed by atoms with Crippen LogP contribution in [0.2, 0.25) is 0 Å². The molecule has 0 saturated carbocycles. The monoisotopic (exact) mass is 248 g/mol. The van der Waals surface area contributed by atoms with Crippen LogP contribution in [-0.4, -0.2) is 24.0 Å². The van der Waals surface area contributed by atoms with Crippen LogP contribution in [0.3, 0.4) is 0 Å². The third-order valence-electron chi connectivity index (χ3n) is 2.31. The maximum Gasteiger partial charge on any atom is 0.395 e. The highest BCUT2D eigenvalue weighted by molar-refractivity contribution is 5.77. The summed E-state index contributed by atoms with van der Waals surface area (Å²) in [6.07, 6.45) is 0.121. The highest BCUT2D eigenvalue weighted by Crippen LogP contribution is 2.19. The second-order valence-corrected chi connectivity index (χ2v) is 4.43. The molecule has 5 heteroatoms. The molecule has 1 heterocycles. The molecular weight excluding hydrogens is 232 g/mol. The SMILES string of the molecule is CC(C)CNC(=O)COc1nc2ccccc2o1. The Kier molecular flexibility index (Phi) is 3.82. The third-order valence-corrected chi connectivity index (χ3v) is 2.31. The summed E-state index contributed by atoms with van der Waals surface area (Å²) in [5.41, 5.74) is 1.37. The molecule has 0 spiro atoms. The Morgan fingerprint density at radius 3 is 2.94 bits per heavy atom. The Morgan fingerprint density at radius 1 is 1.44 bits per heavy atom. The van der Waals surface area contributed by atoms with Crippen LogP contribution in [0.15, 0.2) is 28.7 Å². The molecule has 18 heavy (non-hydrogen) atoms. The zero-order valence-corrected chi connectivity index (χ0v) is 10.5. The molecule has 5 nitrogen and oxygen atoms in total. The molecule has 2 rings (SSSR count). The van der Waals surface area contributed by atoms with Crippen molar-refractivity contribution < 1.29 is 13.9 Å². The number of amides is 1. The third kappa shape index (κ3) is 3.23. The van der Waals surface area contributed by atoms with Crippen LogP contribution < -0.4 is 10.1 Å². The van der Waals surface area contributed by atoms with Crippen LogP contribution >= 0.6 is 0 Å². The van der Waals surface area contributed by atoms with Crippen molar-refractivity contribution in [3.63, 3.8) is 0 Å². The Hall–Kier alpha value is -2.04. The van der Waals surface area contributed by atoms with Gasteiger partial charge in [-0.2, -0.15) is 4.98 Å². The van der Waals surface area contributed by atoms with E-state index in [0.717, 1.165) is 5.52 Å². The lowest BCUT2D eigenvalue weighted by Crippen LogP contribution is -2.31. The highest BCUT2D eigenvalue weighted by atomic mass is 16.6. The van der Waals surface area contributed by atoms with Crippen molar-refractivity contribution in [2.24, 2.45) is 5.92 Å². The minimum absolute atomic E-state index is 0.0838. The number of fused-ring (bicyclic) bond motifs is 1. The summed E-state index contributed by atoms with van der Waals surface area (Å²) in [6, 6.07) is 7.34. The zero-order chi connectivity index (χ0) is 13.0. The molecule has 1 N–H and O–H groups in total. The van der Waals surface area contributed by atoms with Gasteiger partial charge in [0, 0.05) is 6.54 Å². The lowest BCUT2D eigenvalue weighted by molar-refractivity contribution is -0.123. The van der Waals surface area contributed by atoms with Gasteiger partial charge in [0.2, 0.25) is 0 Å². The van der Waals surface area contributed by atoms with Gasteiger partial charge < -0.3 is 14.5 Å². The molecule has 1 amide bonds. The molecule has 1 aromatic carbocycles. The van der Waals surface area contributed by atoms with E-state index in [0.29, 0.717) is 18.0 Å². The number of para-hydroxylation sites is 2. The van der Waals surface area contributed by atoms with Crippen LogP contribution in [0.1, 0.15) is 13.8 Å². The van der Waals surface area contributed by atoms with Gasteiger partial charge in [0.25, 0.3) is 5.91 Å². The summed E-state index contributed by atoms with van der Waals surface area (Å²) in [7, 11) is 0. The second kappa shape index (κ2) is 5.53. The smallest absolute Gasteiger partial charge is 0.395 e. The van der Waals surface area contributed by atoms with Gasteiger partial charge in [-0.3, -0.25) is 4.79 Å². The first-order chi connectivity index (χ1) is 8.65. The molecule has 0 radical (unpaired) electrons. The summed E-state index contributed by atoms with van der Waals surface area (Å²) in [6.45, 7) is 4.61. The molecule has 0 bridgehead atoms. The van der Waals surface area contributed by atoms with E-state index in [1.807, 2.05) is 32.0 Å². The number of carbonyl (C=O) groups is 1. The van der Waals surface area contributed by atoms with Crippen molar-refractivity contribution in [2.45, 2.75) is 13.8 Å². The molecule has 2 aromatic rings. The summed E-state index contributed by atoms with van der Waals surface area (Å²) in [4.78, 5) is 15.5. The Morgan fingerprint density at radius 2 is 2.22 bits per heavy atom. The number of ether oxygens (including phenoxy) is 1. The van der Waals surface area contributed by atoms with Gasteiger partial charge in [0.1, 0.15) is 5.52 Å². The standard InChI is InChI=1S/C13H16N2O3/c1-9(2)7-14-12(16)8-17-13-15-10-5-3-4-6-11(10)18-13/h3-6,9H,7-8H2,1-2H3,(H,14,16). The quantitative estimate of drug-likeness (QED) is 0.878. The van der Waals surface area contributed by atoms with E-state index >= 15 is 0 Å². The number of nitrogens with zero attached hydrogens (tertiary/aromatic N) is 1. The molecule has 0 atom stereocenters. The lowest BCUT2D eigenvalue weighted by Gasteiger charge is -2.06. The summed E-state index contributed by atoms with van der Waals surface area (Å²) >= 11 is 0. The van der Waals surface area contributed by atoms with Crippen molar-refractivity contribution in [1.29, 1.82) is 0 Å². The topological polar surface area (TPSA) is 64.4 Å². The van der Waals surface area contributed by atoms with E-state index in [9.17, 15) is 4.79 Å². The summed E-state index contributed by atoms with van der Waals surface area (Å²) < 4.78 is 10.5. The zero-order valence-electron chi connectivity index (χ0n) is 10.5. The first-order valence-electron chi connectivity index (χ1n) is 5.90. The molecule has 0 aliphatic heterocycles. The van der Waals surface area contributed by atoms with Crippen molar-refractivity contribution in [2.75, 3.05) is 13.2 Å². The highest BCUT2D eigenvalue weighted by Gasteiger charge is 2.08. The number of aromatic nitrogens is 1. The Bertz CT molecular complexity index is 501. The van der Waals surface area contributed by atoms with E-state index in [-0.39, 0.29) is 18.6 Å². The first kappa shape index (κ1) is 12.4. The van der Waals surface area contributed by atoms with E-state index in [1.54, 1.807) is 6.07 Å². The number of hydrogen-bond acceptors (Lipinski definition) is 4. The maximum atomic E-state index is 11.4. The summed E-state index contributed by atoms with van der Waals surface area (Å²) in [5.74, 6) is 0.240. The fraction of sp³-hybridized carbons (Fsp3) is 0.385. The average molecular weight is 248 g/mol.